The molecule has 0 heterocycles. The lowest BCUT2D eigenvalue weighted by Gasteiger charge is -2.43. The highest BCUT2D eigenvalue weighted by atomic mass is 16.4. The quantitative estimate of drug-likeness (QED) is 0.827. The second-order valence-corrected chi connectivity index (χ2v) is 6.28. The zero-order chi connectivity index (χ0) is 14.6. The Morgan fingerprint density at radius 1 is 1.21 bits per heavy atom. The maximum absolute atomic E-state index is 12.2. The zero-order valence-corrected chi connectivity index (χ0v) is 12.4. The van der Waals surface area contributed by atoms with Crippen LogP contribution in [0.5, 0.6) is 0 Å². The fourth-order valence-electron chi connectivity index (χ4n) is 2.96. The van der Waals surface area contributed by atoms with E-state index in [9.17, 15) is 14.7 Å². The Labute approximate surface area is 115 Å². The third kappa shape index (κ3) is 3.85. The summed E-state index contributed by atoms with van der Waals surface area (Å²) in [6, 6.07) is -0.581. The highest BCUT2D eigenvalue weighted by molar-refractivity contribution is 5.85. The Hall–Kier alpha value is -1.26. The van der Waals surface area contributed by atoms with E-state index < -0.39 is 17.7 Å². The van der Waals surface area contributed by atoms with Crippen LogP contribution in [0.3, 0.4) is 0 Å². The Balaban J connectivity index is 3.05. The summed E-state index contributed by atoms with van der Waals surface area (Å²) in [5.41, 5.74) is -0.583. The first-order valence-electron chi connectivity index (χ1n) is 7.03. The molecule has 0 spiro atoms. The van der Waals surface area contributed by atoms with Crippen LogP contribution in [0, 0.1) is 5.92 Å². The minimum Gasteiger partial charge on any atom is -0.465 e. The van der Waals surface area contributed by atoms with Gasteiger partial charge in [-0.15, -0.1) is 0 Å². The van der Waals surface area contributed by atoms with Crippen molar-refractivity contribution in [3.8, 4) is 0 Å². The largest absolute Gasteiger partial charge is 0.465 e. The van der Waals surface area contributed by atoms with Crippen LogP contribution in [0.15, 0.2) is 0 Å². The van der Waals surface area contributed by atoms with E-state index in [-0.39, 0.29) is 11.8 Å². The van der Waals surface area contributed by atoms with E-state index in [4.69, 9.17) is 0 Å². The van der Waals surface area contributed by atoms with Crippen molar-refractivity contribution in [2.75, 3.05) is 7.05 Å². The number of rotatable bonds is 3. The third-order valence-corrected chi connectivity index (χ3v) is 3.82. The molecular formula is C14H26N2O3. The van der Waals surface area contributed by atoms with Crippen LogP contribution in [0.25, 0.3) is 0 Å². The second kappa shape index (κ2) is 6.26. The molecular weight excluding hydrogens is 244 g/mol. The molecule has 1 aliphatic rings. The van der Waals surface area contributed by atoms with Gasteiger partial charge in [-0.05, 0) is 39.5 Å². The molecule has 0 radical (unpaired) electrons. The molecule has 0 aromatic rings. The molecule has 110 valence electrons. The van der Waals surface area contributed by atoms with Gasteiger partial charge in [0.1, 0.15) is 6.04 Å². The normalized spacial score (nSPS) is 18.7. The molecule has 0 aromatic carbocycles. The first kappa shape index (κ1) is 15.8. The van der Waals surface area contributed by atoms with Gasteiger partial charge in [0.15, 0.2) is 0 Å². The van der Waals surface area contributed by atoms with Crippen LogP contribution in [0.2, 0.25) is 0 Å². The van der Waals surface area contributed by atoms with Gasteiger partial charge in [-0.25, -0.2) is 4.79 Å². The van der Waals surface area contributed by atoms with Crippen LogP contribution >= 0.6 is 0 Å². The van der Waals surface area contributed by atoms with Gasteiger partial charge in [0.05, 0.1) is 0 Å². The molecule has 1 rings (SSSR count). The molecule has 0 bridgehead atoms. The number of carbonyl (C=O) groups excluding carboxylic acids is 1. The van der Waals surface area contributed by atoms with Crippen LogP contribution < -0.4 is 5.32 Å². The van der Waals surface area contributed by atoms with Gasteiger partial charge in [-0.1, -0.05) is 19.3 Å². The second-order valence-electron chi connectivity index (χ2n) is 6.28. The summed E-state index contributed by atoms with van der Waals surface area (Å²) < 4.78 is 0. The summed E-state index contributed by atoms with van der Waals surface area (Å²) in [4.78, 5) is 25.1. The number of carbonyl (C=O) groups is 2. The Morgan fingerprint density at radius 2 is 1.74 bits per heavy atom. The molecule has 19 heavy (non-hydrogen) atoms. The van der Waals surface area contributed by atoms with Crippen molar-refractivity contribution in [1.29, 1.82) is 0 Å². The van der Waals surface area contributed by atoms with Gasteiger partial charge in [0, 0.05) is 12.6 Å². The van der Waals surface area contributed by atoms with Crippen molar-refractivity contribution in [2.45, 2.75) is 64.5 Å². The van der Waals surface area contributed by atoms with Gasteiger partial charge < -0.3 is 10.4 Å². The summed E-state index contributed by atoms with van der Waals surface area (Å²) in [5, 5.41) is 12.1. The summed E-state index contributed by atoms with van der Waals surface area (Å²) in [5.74, 6) is -0.0618. The number of nitrogens with one attached hydrogen (secondary N) is 1. The molecule has 1 saturated carbocycles. The number of amides is 2. The van der Waals surface area contributed by atoms with E-state index in [0.717, 1.165) is 25.7 Å². The van der Waals surface area contributed by atoms with Crippen LogP contribution in [0.4, 0.5) is 4.79 Å². The van der Waals surface area contributed by atoms with Crippen molar-refractivity contribution >= 4 is 12.0 Å². The van der Waals surface area contributed by atoms with E-state index in [1.165, 1.54) is 11.3 Å². The highest BCUT2D eigenvalue weighted by Crippen LogP contribution is 2.32. The Kier molecular flexibility index (Phi) is 5.20. The summed E-state index contributed by atoms with van der Waals surface area (Å²) >= 11 is 0. The molecule has 1 aliphatic carbocycles. The average molecular weight is 270 g/mol. The molecule has 1 unspecified atom stereocenters. The van der Waals surface area contributed by atoms with Crippen molar-refractivity contribution in [1.82, 2.24) is 10.2 Å². The topological polar surface area (TPSA) is 69.6 Å². The molecule has 5 heteroatoms. The average Bonchev–Trinajstić information content (AvgIpc) is 2.33. The van der Waals surface area contributed by atoms with E-state index >= 15 is 0 Å². The number of carboxylic acid groups (broad SMARTS) is 1. The predicted octanol–water partition coefficient (Wildman–Crippen LogP) is 2.46. The molecule has 2 amide bonds. The van der Waals surface area contributed by atoms with Gasteiger partial charge in [-0.2, -0.15) is 0 Å². The predicted molar refractivity (Wildman–Crippen MR) is 74.0 cm³/mol. The van der Waals surface area contributed by atoms with Crippen LogP contribution in [-0.2, 0) is 4.79 Å². The lowest BCUT2D eigenvalue weighted by molar-refractivity contribution is -0.130. The minimum atomic E-state index is -1.02. The minimum absolute atomic E-state index is 0.129. The third-order valence-electron chi connectivity index (χ3n) is 3.82. The fraction of sp³-hybridized carbons (Fsp3) is 0.857. The SMILES string of the molecule is CNC(=O)C(C1CCCCC1)N(C(=O)O)C(C)(C)C. The smallest absolute Gasteiger partial charge is 0.408 e. The standard InChI is InChI=1S/C14H26N2O3/c1-14(2,3)16(13(18)19)11(12(17)15-4)10-8-6-5-7-9-10/h10-11H,5-9H2,1-4H3,(H,15,17)(H,18,19). The van der Waals surface area contributed by atoms with Crippen molar-refractivity contribution in [2.24, 2.45) is 5.92 Å². The van der Waals surface area contributed by atoms with Crippen LogP contribution in [-0.4, -0.2) is 40.6 Å². The summed E-state index contributed by atoms with van der Waals surface area (Å²) in [7, 11) is 1.57. The first-order chi connectivity index (χ1) is 8.79. The number of hydrogen-bond acceptors (Lipinski definition) is 2. The van der Waals surface area contributed by atoms with Crippen molar-refractivity contribution in [3.63, 3.8) is 0 Å². The fourth-order valence-corrected chi connectivity index (χ4v) is 2.96. The van der Waals surface area contributed by atoms with Gasteiger partial charge in [0.2, 0.25) is 5.91 Å². The molecule has 0 saturated heterocycles. The van der Waals surface area contributed by atoms with E-state index in [0.29, 0.717) is 0 Å². The zero-order valence-electron chi connectivity index (χ0n) is 12.4. The first-order valence-corrected chi connectivity index (χ1v) is 7.03. The van der Waals surface area contributed by atoms with E-state index in [1.807, 2.05) is 20.8 Å². The van der Waals surface area contributed by atoms with Crippen molar-refractivity contribution < 1.29 is 14.7 Å². The monoisotopic (exact) mass is 270 g/mol. The molecule has 0 aliphatic heterocycles. The van der Waals surface area contributed by atoms with Crippen molar-refractivity contribution in [3.05, 3.63) is 0 Å². The molecule has 2 N–H and O–H groups in total. The number of nitrogens with zero attached hydrogens (tertiary/aromatic N) is 1. The highest BCUT2D eigenvalue weighted by Gasteiger charge is 2.41. The van der Waals surface area contributed by atoms with E-state index in [2.05, 4.69) is 5.32 Å². The molecule has 0 aromatic heterocycles. The van der Waals surface area contributed by atoms with E-state index in [1.54, 1.807) is 7.05 Å². The lowest BCUT2D eigenvalue weighted by atomic mass is 9.81. The van der Waals surface area contributed by atoms with Gasteiger partial charge in [-0.3, -0.25) is 9.69 Å². The summed E-state index contributed by atoms with van der Waals surface area (Å²) in [6.45, 7) is 5.50. The molecule has 5 nitrogen and oxygen atoms in total. The van der Waals surface area contributed by atoms with Crippen LogP contribution in [0.1, 0.15) is 52.9 Å². The van der Waals surface area contributed by atoms with Gasteiger partial charge in [0.25, 0.3) is 0 Å². The lowest BCUT2D eigenvalue weighted by Crippen LogP contribution is -2.59. The number of hydrogen-bond donors (Lipinski definition) is 2. The maximum Gasteiger partial charge on any atom is 0.408 e. The molecule has 1 atom stereocenters. The Bertz CT molecular complexity index is 330. The maximum atomic E-state index is 12.2. The van der Waals surface area contributed by atoms with Gasteiger partial charge >= 0.3 is 6.09 Å². The Morgan fingerprint density at radius 3 is 2.11 bits per heavy atom. The number of likely N-dealkylation sites (N-methyl/N-ethyl adjacent to an activating group) is 1. The molecule has 1 fully saturated rings. The summed E-state index contributed by atoms with van der Waals surface area (Å²) in [6.07, 6.45) is 4.17.